The van der Waals surface area contributed by atoms with E-state index in [2.05, 4.69) is 17.6 Å². The summed E-state index contributed by atoms with van der Waals surface area (Å²) in [7, 11) is 0. The highest BCUT2D eigenvalue weighted by Crippen LogP contribution is 2.16. The number of amides is 1. The minimum Gasteiger partial charge on any atom is -0.467 e. The molecule has 1 aliphatic heterocycles. The van der Waals surface area contributed by atoms with Crippen molar-refractivity contribution < 1.29 is 13.9 Å². The Morgan fingerprint density at radius 3 is 3.21 bits per heavy atom. The topological polar surface area (TPSA) is 63.5 Å². The smallest absolute Gasteiger partial charge is 0.249 e. The Kier molecular flexibility index (Phi) is 4.99. The number of rotatable bonds is 5. The summed E-state index contributed by atoms with van der Waals surface area (Å²) in [4.78, 5) is 11.9. The van der Waals surface area contributed by atoms with Gasteiger partial charge in [-0.1, -0.05) is 6.92 Å². The summed E-state index contributed by atoms with van der Waals surface area (Å²) in [6.07, 6.45) is 2.35. The number of carbonyl (C=O) groups is 1. The van der Waals surface area contributed by atoms with Gasteiger partial charge in [-0.15, -0.1) is 0 Å². The third-order valence-corrected chi connectivity index (χ3v) is 3.52. The van der Waals surface area contributed by atoms with Crippen LogP contribution in [0, 0.1) is 5.92 Å². The van der Waals surface area contributed by atoms with E-state index in [-0.39, 0.29) is 12.0 Å². The van der Waals surface area contributed by atoms with Gasteiger partial charge >= 0.3 is 0 Å². The second kappa shape index (κ2) is 6.73. The molecule has 1 amide bonds. The summed E-state index contributed by atoms with van der Waals surface area (Å²) < 4.78 is 11.0. The molecule has 2 rings (SSSR count). The molecule has 3 atom stereocenters. The molecule has 2 N–H and O–H groups in total. The highest BCUT2D eigenvalue weighted by molar-refractivity contribution is 5.80. The molecule has 0 aliphatic carbocycles. The number of carbonyl (C=O) groups excluding carboxylic acids is 1. The van der Waals surface area contributed by atoms with Crippen molar-refractivity contribution in [1.82, 2.24) is 10.6 Å². The standard InChI is InChI=1S/C14H22N2O3/c1-10-5-6-15-9-13(10)19-11(2)14(17)16-8-12-4-3-7-18-12/h3-4,7,10-11,13,15H,5-6,8-9H2,1-2H3,(H,16,17). The van der Waals surface area contributed by atoms with Crippen molar-refractivity contribution >= 4 is 5.91 Å². The zero-order chi connectivity index (χ0) is 13.7. The molecule has 0 aromatic carbocycles. The first-order chi connectivity index (χ1) is 9.16. The lowest BCUT2D eigenvalue weighted by Crippen LogP contribution is -2.45. The first kappa shape index (κ1) is 14.1. The van der Waals surface area contributed by atoms with Crippen LogP contribution in [0.5, 0.6) is 0 Å². The van der Waals surface area contributed by atoms with Crippen LogP contribution in [0.15, 0.2) is 22.8 Å². The van der Waals surface area contributed by atoms with E-state index in [9.17, 15) is 4.79 Å². The molecule has 1 aromatic heterocycles. The summed E-state index contributed by atoms with van der Waals surface area (Å²) in [5, 5.41) is 6.10. The Morgan fingerprint density at radius 2 is 2.53 bits per heavy atom. The van der Waals surface area contributed by atoms with Crippen LogP contribution in [-0.4, -0.2) is 31.2 Å². The van der Waals surface area contributed by atoms with Crippen LogP contribution < -0.4 is 10.6 Å². The summed E-state index contributed by atoms with van der Waals surface area (Å²) in [6, 6.07) is 3.63. The van der Waals surface area contributed by atoms with E-state index in [0.717, 1.165) is 25.3 Å². The Bertz CT molecular complexity index is 391. The molecule has 2 heterocycles. The van der Waals surface area contributed by atoms with Crippen LogP contribution >= 0.6 is 0 Å². The van der Waals surface area contributed by atoms with Crippen LogP contribution in [0.4, 0.5) is 0 Å². The van der Waals surface area contributed by atoms with E-state index >= 15 is 0 Å². The summed E-state index contributed by atoms with van der Waals surface area (Å²) in [5.74, 6) is 1.13. The molecule has 3 unspecified atom stereocenters. The van der Waals surface area contributed by atoms with Crippen molar-refractivity contribution in [3.63, 3.8) is 0 Å². The third kappa shape index (κ3) is 4.08. The van der Waals surface area contributed by atoms with E-state index < -0.39 is 6.10 Å². The summed E-state index contributed by atoms with van der Waals surface area (Å²) >= 11 is 0. The number of furan rings is 1. The molecular formula is C14H22N2O3. The fourth-order valence-electron chi connectivity index (χ4n) is 2.20. The van der Waals surface area contributed by atoms with Crippen molar-refractivity contribution in [2.24, 2.45) is 5.92 Å². The lowest BCUT2D eigenvalue weighted by atomic mass is 9.97. The third-order valence-electron chi connectivity index (χ3n) is 3.52. The highest BCUT2D eigenvalue weighted by Gasteiger charge is 2.26. The Hall–Kier alpha value is -1.33. The maximum Gasteiger partial charge on any atom is 0.249 e. The van der Waals surface area contributed by atoms with E-state index in [4.69, 9.17) is 9.15 Å². The number of nitrogens with one attached hydrogen (secondary N) is 2. The molecule has 106 valence electrons. The molecule has 0 radical (unpaired) electrons. The zero-order valence-electron chi connectivity index (χ0n) is 11.5. The molecule has 1 fully saturated rings. The molecule has 19 heavy (non-hydrogen) atoms. The van der Waals surface area contributed by atoms with Crippen LogP contribution in [0.25, 0.3) is 0 Å². The number of hydrogen-bond acceptors (Lipinski definition) is 4. The van der Waals surface area contributed by atoms with Crippen LogP contribution in [-0.2, 0) is 16.1 Å². The maximum atomic E-state index is 11.9. The predicted molar refractivity (Wildman–Crippen MR) is 71.5 cm³/mol. The molecule has 0 saturated carbocycles. The van der Waals surface area contributed by atoms with Crippen LogP contribution in [0.2, 0.25) is 0 Å². The van der Waals surface area contributed by atoms with Gasteiger partial charge in [0, 0.05) is 6.54 Å². The van der Waals surface area contributed by atoms with Gasteiger partial charge in [-0.2, -0.15) is 0 Å². The minimum atomic E-state index is -0.442. The highest BCUT2D eigenvalue weighted by atomic mass is 16.5. The van der Waals surface area contributed by atoms with Gasteiger partial charge in [0.2, 0.25) is 5.91 Å². The van der Waals surface area contributed by atoms with E-state index in [1.807, 2.05) is 6.07 Å². The molecule has 1 saturated heterocycles. The lowest BCUT2D eigenvalue weighted by Gasteiger charge is -2.31. The maximum absolute atomic E-state index is 11.9. The van der Waals surface area contributed by atoms with Crippen molar-refractivity contribution in [3.05, 3.63) is 24.2 Å². The van der Waals surface area contributed by atoms with Gasteiger partial charge in [-0.3, -0.25) is 4.79 Å². The first-order valence-corrected chi connectivity index (χ1v) is 6.83. The molecular weight excluding hydrogens is 244 g/mol. The first-order valence-electron chi connectivity index (χ1n) is 6.83. The van der Waals surface area contributed by atoms with Gasteiger partial charge < -0.3 is 19.8 Å². The Labute approximate surface area is 113 Å². The normalized spacial score (nSPS) is 24.9. The van der Waals surface area contributed by atoms with Gasteiger partial charge in [0.05, 0.1) is 18.9 Å². The van der Waals surface area contributed by atoms with Crippen LogP contribution in [0.3, 0.4) is 0 Å². The zero-order valence-corrected chi connectivity index (χ0v) is 11.5. The lowest BCUT2D eigenvalue weighted by molar-refractivity contribution is -0.138. The van der Waals surface area contributed by atoms with Gasteiger partial charge in [0.25, 0.3) is 0 Å². The van der Waals surface area contributed by atoms with E-state index in [1.54, 1.807) is 19.3 Å². The van der Waals surface area contributed by atoms with Gasteiger partial charge in [0.1, 0.15) is 11.9 Å². The molecule has 5 heteroatoms. The molecule has 1 aromatic rings. The van der Waals surface area contributed by atoms with Gasteiger partial charge in [-0.05, 0) is 37.9 Å². The number of hydrogen-bond donors (Lipinski definition) is 2. The molecule has 0 bridgehead atoms. The quantitative estimate of drug-likeness (QED) is 0.843. The van der Waals surface area contributed by atoms with Crippen molar-refractivity contribution in [2.75, 3.05) is 13.1 Å². The van der Waals surface area contributed by atoms with E-state index in [0.29, 0.717) is 12.5 Å². The van der Waals surface area contributed by atoms with Gasteiger partial charge in [-0.25, -0.2) is 0 Å². The Balaban J connectivity index is 1.75. The molecule has 0 spiro atoms. The van der Waals surface area contributed by atoms with Gasteiger partial charge in [0.15, 0.2) is 0 Å². The molecule has 1 aliphatic rings. The number of ether oxygens (including phenoxy) is 1. The predicted octanol–water partition coefficient (Wildman–Crippen LogP) is 1.30. The number of piperidine rings is 1. The van der Waals surface area contributed by atoms with Crippen molar-refractivity contribution in [2.45, 2.75) is 39.0 Å². The second-order valence-electron chi connectivity index (χ2n) is 5.08. The molecule has 5 nitrogen and oxygen atoms in total. The fourth-order valence-corrected chi connectivity index (χ4v) is 2.20. The summed E-state index contributed by atoms with van der Waals surface area (Å²) in [6.45, 7) is 6.20. The summed E-state index contributed by atoms with van der Waals surface area (Å²) in [5.41, 5.74) is 0. The minimum absolute atomic E-state index is 0.103. The average Bonchev–Trinajstić information content (AvgIpc) is 2.91. The monoisotopic (exact) mass is 266 g/mol. The fraction of sp³-hybridized carbons (Fsp3) is 0.643. The van der Waals surface area contributed by atoms with Crippen molar-refractivity contribution in [1.29, 1.82) is 0 Å². The van der Waals surface area contributed by atoms with Crippen LogP contribution in [0.1, 0.15) is 26.0 Å². The SMILES string of the molecule is CC(OC1CNCCC1C)C(=O)NCc1ccco1. The average molecular weight is 266 g/mol. The Morgan fingerprint density at radius 1 is 1.68 bits per heavy atom. The van der Waals surface area contributed by atoms with Crippen molar-refractivity contribution in [3.8, 4) is 0 Å². The largest absolute Gasteiger partial charge is 0.467 e. The second-order valence-corrected chi connectivity index (χ2v) is 5.08. The van der Waals surface area contributed by atoms with E-state index in [1.165, 1.54) is 0 Å².